The highest BCUT2D eigenvalue weighted by atomic mass is 127. The molecule has 0 saturated carbocycles. The first-order valence-corrected chi connectivity index (χ1v) is 12.6. The highest BCUT2D eigenvalue weighted by Crippen LogP contribution is 2.58. The fraction of sp³-hybridized carbons (Fsp3) is 0.375. The second-order valence-corrected chi connectivity index (χ2v) is 10.6. The van der Waals surface area contributed by atoms with Crippen molar-refractivity contribution in [2.24, 2.45) is 11.0 Å². The van der Waals surface area contributed by atoms with Gasteiger partial charge in [0.15, 0.2) is 5.71 Å². The van der Waals surface area contributed by atoms with Crippen molar-refractivity contribution < 1.29 is 19.1 Å². The summed E-state index contributed by atoms with van der Waals surface area (Å²) in [6.45, 7) is 1.42. The van der Waals surface area contributed by atoms with E-state index in [2.05, 4.69) is 27.5 Å². The summed E-state index contributed by atoms with van der Waals surface area (Å²) in [5.41, 5.74) is -0.0861. The minimum absolute atomic E-state index is 0.112. The molecular formula is C24H22ClIN4O4. The van der Waals surface area contributed by atoms with Crippen LogP contribution in [0.3, 0.4) is 0 Å². The first-order chi connectivity index (χ1) is 16.4. The zero-order valence-electron chi connectivity index (χ0n) is 18.4. The number of piperidine rings is 1. The lowest BCUT2D eigenvalue weighted by Crippen LogP contribution is -2.72. The predicted octanol–water partition coefficient (Wildman–Crippen LogP) is 3.48. The van der Waals surface area contributed by atoms with Gasteiger partial charge in [0.2, 0.25) is 5.66 Å². The Balaban J connectivity index is 1.59. The molecule has 4 aliphatic heterocycles. The predicted molar refractivity (Wildman–Crippen MR) is 136 cm³/mol. The number of hydrogen-bond donors (Lipinski definition) is 0. The molecule has 34 heavy (non-hydrogen) atoms. The van der Waals surface area contributed by atoms with E-state index in [1.807, 2.05) is 41.3 Å². The number of ether oxygens (including phenoxy) is 2. The number of hydrazone groups is 1. The third kappa shape index (κ3) is 2.81. The van der Waals surface area contributed by atoms with Crippen molar-refractivity contribution in [2.45, 2.75) is 24.2 Å². The van der Waals surface area contributed by atoms with Gasteiger partial charge in [0.05, 0.1) is 31.9 Å². The van der Waals surface area contributed by atoms with Gasteiger partial charge in [0.25, 0.3) is 5.91 Å². The van der Waals surface area contributed by atoms with Crippen LogP contribution < -0.4 is 9.91 Å². The molecule has 4 heterocycles. The molecule has 4 aliphatic rings. The topological polar surface area (TPSA) is 74.7 Å². The molecule has 2 aromatic carbocycles. The first kappa shape index (κ1) is 22.3. The molecule has 10 heteroatoms. The number of amides is 1. The van der Waals surface area contributed by atoms with Crippen molar-refractivity contribution in [1.29, 1.82) is 0 Å². The van der Waals surface area contributed by atoms with E-state index in [9.17, 15) is 9.59 Å². The second kappa shape index (κ2) is 7.91. The summed E-state index contributed by atoms with van der Waals surface area (Å²) in [7, 11) is 1.35. The molecule has 0 N–H and O–H groups in total. The quantitative estimate of drug-likeness (QED) is 0.402. The van der Waals surface area contributed by atoms with Gasteiger partial charge in [0, 0.05) is 20.8 Å². The van der Waals surface area contributed by atoms with Crippen molar-refractivity contribution in [2.75, 3.05) is 36.8 Å². The Labute approximate surface area is 215 Å². The molecule has 2 bridgehead atoms. The van der Waals surface area contributed by atoms with Gasteiger partial charge in [-0.25, -0.2) is 14.7 Å². The van der Waals surface area contributed by atoms with Gasteiger partial charge in [0.1, 0.15) is 5.66 Å². The maximum atomic E-state index is 14.7. The summed E-state index contributed by atoms with van der Waals surface area (Å²) in [6.07, 6.45) is 1.26. The molecule has 0 aromatic heterocycles. The van der Waals surface area contributed by atoms with E-state index in [0.717, 1.165) is 9.26 Å². The summed E-state index contributed by atoms with van der Waals surface area (Å²) in [6, 6.07) is 15.1. The average molecular weight is 593 g/mol. The van der Waals surface area contributed by atoms with Gasteiger partial charge < -0.3 is 9.47 Å². The molecule has 1 amide bonds. The minimum Gasteiger partial charge on any atom is -0.464 e. The van der Waals surface area contributed by atoms with Gasteiger partial charge in [-0.2, -0.15) is 5.10 Å². The number of hydrogen-bond acceptors (Lipinski definition) is 7. The molecule has 3 atom stereocenters. The van der Waals surface area contributed by atoms with Crippen LogP contribution in [0.15, 0.2) is 53.6 Å². The Bertz CT molecular complexity index is 1210. The molecule has 0 aliphatic carbocycles. The number of benzene rings is 2. The van der Waals surface area contributed by atoms with Crippen molar-refractivity contribution in [1.82, 2.24) is 4.90 Å². The number of carbonyl (C=O) groups is 2. The monoisotopic (exact) mass is 592 g/mol. The lowest BCUT2D eigenvalue weighted by molar-refractivity contribution is -0.139. The van der Waals surface area contributed by atoms with Crippen LogP contribution in [0, 0.1) is 9.49 Å². The van der Waals surface area contributed by atoms with E-state index in [0.29, 0.717) is 43.3 Å². The zero-order chi connectivity index (χ0) is 23.7. The van der Waals surface area contributed by atoms with E-state index in [4.69, 9.17) is 26.2 Å². The van der Waals surface area contributed by atoms with Crippen LogP contribution in [-0.4, -0.2) is 60.7 Å². The number of carbonyl (C=O) groups excluding carboxylic acids is 2. The van der Waals surface area contributed by atoms with Gasteiger partial charge in [-0.3, -0.25) is 9.69 Å². The summed E-state index contributed by atoms with van der Waals surface area (Å²) in [5.74, 6) is -1.07. The molecule has 2 aromatic rings. The molecular weight excluding hydrogens is 571 g/mol. The van der Waals surface area contributed by atoms with Crippen molar-refractivity contribution in [3.8, 4) is 0 Å². The van der Waals surface area contributed by atoms with Gasteiger partial charge >= 0.3 is 5.97 Å². The highest BCUT2D eigenvalue weighted by molar-refractivity contribution is 14.1. The van der Waals surface area contributed by atoms with Crippen molar-refractivity contribution in [3.63, 3.8) is 0 Å². The zero-order valence-corrected chi connectivity index (χ0v) is 21.3. The van der Waals surface area contributed by atoms with Crippen molar-refractivity contribution >= 4 is 63.2 Å². The third-order valence-corrected chi connectivity index (χ3v) is 8.34. The average Bonchev–Trinajstić information content (AvgIpc) is 3.28. The fourth-order valence-electron chi connectivity index (χ4n) is 6.06. The lowest BCUT2D eigenvalue weighted by atomic mass is 9.77. The highest BCUT2D eigenvalue weighted by Gasteiger charge is 2.77. The van der Waals surface area contributed by atoms with E-state index < -0.39 is 23.2 Å². The van der Waals surface area contributed by atoms with E-state index in [-0.39, 0.29) is 11.6 Å². The number of esters is 1. The number of anilines is 2. The van der Waals surface area contributed by atoms with Gasteiger partial charge in [-0.05, 0) is 84.0 Å². The van der Waals surface area contributed by atoms with Crippen LogP contribution in [0.5, 0.6) is 0 Å². The molecule has 176 valence electrons. The number of rotatable bonds is 3. The summed E-state index contributed by atoms with van der Waals surface area (Å²) >= 11 is 8.41. The Morgan fingerprint density at radius 3 is 2.59 bits per heavy atom. The number of halogens is 2. The fourth-order valence-corrected chi connectivity index (χ4v) is 6.54. The summed E-state index contributed by atoms with van der Waals surface area (Å²) in [5, 5.41) is 7.05. The maximum Gasteiger partial charge on any atom is 0.354 e. The Hall–Kier alpha value is -2.21. The van der Waals surface area contributed by atoms with Gasteiger partial charge in [-0.1, -0.05) is 11.6 Å². The number of methoxy groups -OCH3 is 1. The lowest BCUT2D eigenvalue weighted by Gasteiger charge is -2.54. The Kier molecular flexibility index (Phi) is 5.18. The molecule has 6 rings (SSSR count). The van der Waals surface area contributed by atoms with Crippen LogP contribution in [0.1, 0.15) is 12.8 Å². The largest absolute Gasteiger partial charge is 0.464 e. The molecule has 3 unspecified atom stereocenters. The van der Waals surface area contributed by atoms with Crippen LogP contribution in [0.2, 0.25) is 5.02 Å². The van der Waals surface area contributed by atoms with Gasteiger partial charge in [-0.15, -0.1) is 0 Å². The van der Waals surface area contributed by atoms with Crippen molar-refractivity contribution in [3.05, 3.63) is 57.1 Å². The van der Waals surface area contributed by atoms with Crippen LogP contribution in [-0.2, 0) is 19.1 Å². The first-order valence-electron chi connectivity index (χ1n) is 11.1. The molecule has 3 saturated heterocycles. The SMILES string of the molecule is COC(=O)C1=NN(c2ccc(Cl)cc2)C23C(=O)N(c4ccc(I)cc4)C4(CCC12)COCCN43. The van der Waals surface area contributed by atoms with Crippen LogP contribution in [0.4, 0.5) is 11.4 Å². The summed E-state index contributed by atoms with van der Waals surface area (Å²) in [4.78, 5) is 31.6. The Morgan fingerprint density at radius 2 is 1.88 bits per heavy atom. The normalized spacial score (nSPS) is 30.1. The Morgan fingerprint density at radius 1 is 1.18 bits per heavy atom. The molecule has 1 spiro atoms. The third-order valence-electron chi connectivity index (χ3n) is 7.37. The smallest absolute Gasteiger partial charge is 0.354 e. The molecule has 8 nitrogen and oxygen atoms in total. The van der Waals surface area contributed by atoms with E-state index in [1.165, 1.54) is 7.11 Å². The second-order valence-electron chi connectivity index (χ2n) is 8.89. The summed E-state index contributed by atoms with van der Waals surface area (Å²) < 4.78 is 12.2. The molecule has 3 fully saturated rings. The van der Waals surface area contributed by atoms with Crippen LogP contribution >= 0.6 is 34.2 Å². The number of morpholine rings is 1. The molecule has 0 radical (unpaired) electrons. The van der Waals surface area contributed by atoms with Crippen LogP contribution in [0.25, 0.3) is 0 Å². The van der Waals surface area contributed by atoms with E-state index in [1.54, 1.807) is 17.1 Å². The maximum absolute atomic E-state index is 14.7. The number of nitrogens with zero attached hydrogens (tertiary/aromatic N) is 4. The minimum atomic E-state index is -1.19. The van der Waals surface area contributed by atoms with E-state index >= 15 is 0 Å². The standard InChI is InChI=1S/C24H22ClIN4O4/c1-33-21(31)20-19-10-11-23-14-34-13-12-28(23)24(19,30(27-20)18-6-2-15(25)3-7-18)22(32)29(23)17-8-4-16(26)5-9-17/h2-9,19H,10-14H2,1H3.